The van der Waals surface area contributed by atoms with E-state index < -0.39 is 21.9 Å². The predicted octanol–water partition coefficient (Wildman–Crippen LogP) is 4.27. The van der Waals surface area contributed by atoms with Crippen molar-refractivity contribution in [1.82, 2.24) is 10.3 Å². The van der Waals surface area contributed by atoms with Gasteiger partial charge >= 0.3 is 5.97 Å². The number of aryl methyl sites for hydroxylation is 1. The summed E-state index contributed by atoms with van der Waals surface area (Å²) >= 11 is 0.665. The van der Waals surface area contributed by atoms with E-state index in [0.717, 1.165) is 17.7 Å². The van der Waals surface area contributed by atoms with Crippen molar-refractivity contribution < 1.29 is 23.9 Å². The second-order valence-electron chi connectivity index (χ2n) is 8.16. The predicted molar refractivity (Wildman–Crippen MR) is 133 cm³/mol. The smallest absolute Gasteiger partial charge is 0.333 e. The van der Waals surface area contributed by atoms with Crippen LogP contribution in [0.4, 0.5) is 4.79 Å². The van der Waals surface area contributed by atoms with Crippen LogP contribution in [0.3, 0.4) is 0 Å². The van der Waals surface area contributed by atoms with Crippen LogP contribution < -0.4 is 10.1 Å². The van der Waals surface area contributed by atoms with Crippen molar-refractivity contribution in [2.24, 2.45) is 0 Å². The SMILES string of the molecule is CCc1ccc(CCOc2ccc(CC3(C(=O)OCc4ccccc4)SC(=O)NC3=O)cc2)nc1. The van der Waals surface area contributed by atoms with Gasteiger partial charge in [-0.05, 0) is 53.1 Å². The highest BCUT2D eigenvalue weighted by molar-refractivity contribution is 8.16. The summed E-state index contributed by atoms with van der Waals surface area (Å²) in [7, 11) is 0. The van der Waals surface area contributed by atoms with Crippen molar-refractivity contribution in [2.45, 2.75) is 37.5 Å². The number of rotatable bonds is 10. The fourth-order valence-electron chi connectivity index (χ4n) is 3.66. The van der Waals surface area contributed by atoms with Crippen LogP contribution in [0.15, 0.2) is 72.9 Å². The molecule has 1 aliphatic heterocycles. The van der Waals surface area contributed by atoms with Gasteiger partial charge < -0.3 is 9.47 Å². The third-order valence-corrected chi connectivity index (χ3v) is 6.82. The summed E-state index contributed by atoms with van der Waals surface area (Å²) in [5.74, 6) is -0.733. The first-order valence-electron chi connectivity index (χ1n) is 11.4. The van der Waals surface area contributed by atoms with Crippen LogP contribution in [-0.4, -0.2) is 33.5 Å². The molecule has 2 heterocycles. The Kier molecular flexibility index (Phi) is 7.82. The number of benzene rings is 2. The molecule has 0 spiro atoms. The average molecular weight is 491 g/mol. The summed E-state index contributed by atoms with van der Waals surface area (Å²) in [6.07, 6.45) is 3.54. The van der Waals surface area contributed by atoms with Gasteiger partial charge in [0.25, 0.3) is 11.1 Å². The van der Waals surface area contributed by atoms with E-state index in [0.29, 0.717) is 36.1 Å². The van der Waals surface area contributed by atoms with E-state index in [1.807, 2.05) is 42.6 Å². The minimum atomic E-state index is -1.66. The molecule has 1 aliphatic rings. The Balaban J connectivity index is 1.37. The largest absolute Gasteiger partial charge is 0.493 e. The highest BCUT2D eigenvalue weighted by Crippen LogP contribution is 2.37. The zero-order valence-corrected chi connectivity index (χ0v) is 20.2. The number of imide groups is 1. The van der Waals surface area contributed by atoms with Gasteiger partial charge in [-0.1, -0.05) is 55.5 Å². The maximum absolute atomic E-state index is 13.0. The molecule has 1 aromatic heterocycles. The summed E-state index contributed by atoms with van der Waals surface area (Å²) in [4.78, 5) is 42.1. The van der Waals surface area contributed by atoms with Gasteiger partial charge in [0, 0.05) is 24.7 Å². The zero-order chi connectivity index (χ0) is 24.7. The lowest BCUT2D eigenvalue weighted by Crippen LogP contribution is -2.46. The van der Waals surface area contributed by atoms with Crippen LogP contribution >= 0.6 is 11.8 Å². The molecule has 1 unspecified atom stereocenters. The molecule has 2 amide bonds. The molecular formula is C27H26N2O5S. The van der Waals surface area contributed by atoms with E-state index in [9.17, 15) is 14.4 Å². The van der Waals surface area contributed by atoms with Gasteiger partial charge in [0.2, 0.25) is 4.75 Å². The summed E-state index contributed by atoms with van der Waals surface area (Å²) in [5.41, 5.74) is 3.67. The van der Waals surface area contributed by atoms with Crippen LogP contribution in [-0.2, 0) is 40.2 Å². The lowest BCUT2D eigenvalue weighted by molar-refractivity contribution is -0.150. The topological polar surface area (TPSA) is 94.6 Å². The summed E-state index contributed by atoms with van der Waals surface area (Å²) < 4.78 is 9.59. The number of thioether (sulfide) groups is 1. The van der Waals surface area contributed by atoms with Gasteiger partial charge in [-0.2, -0.15) is 0 Å². The number of carbonyl (C=O) groups is 3. The number of carbonyl (C=O) groups excluding carboxylic acids is 3. The number of amides is 2. The highest BCUT2D eigenvalue weighted by Gasteiger charge is 2.55. The molecular weight excluding hydrogens is 464 g/mol. The number of hydrogen-bond acceptors (Lipinski definition) is 7. The molecule has 4 rings (SSSR count). The Morgan fingerprint density at radius 3 is 2.34 bits per heavy atom. The molecule has 1 N–H and O–H groups in total. The van der Waals surface area contributed by atoms with Crippen LogP contribution in [0.1, 0.15) is 29.3 Å². The number of aromatic nitrogens is 1. The lowest BCUT2D eigenvalue weighted by Gasteiger charge is -2.22. The van der Waals surface area contributed by atoms with Gasteiger partial charge in [-0.25, -0.2) is 4.79 Å². The normalized spacial score (nSPS) is 17.2. The molecule has 2 aromatic carbocycles. The minimum absolute atomic E-state index is 0.0201. The van der Waals surface area contributed by atoms with Crippen LogP contribution in [0.2, 0.25) is 0 Å². The Morgan fingerprint density at radius 1 is 0.971 bits per heavy atom. The first-order valence-corrected chi connectivity index (χ1v) is 12.2. The van der Waals surface area contributed by atoms with Gasteiger partial charge in [0.05, 0.1) is 6.61 Å². The average Bonchev–Trinajstić information content (AvgIpc) is 3.18. The monoisotopic (exact) mass is 490 g/mol. The fourth-order valence-corrected chi connectivity index (χ4v) is 4.65. The first-order chi connectivity index (χ1) is 17.0. The maximum atomic E-state index is 13.0. The zero-order valence-electron chi connectivity index (χ0n) is 19.4. The molecule has 1 atom stereocenters. The molecule has 1 fully saturated rings. The number of nitrogens with zero attached hydrogens (tertiary/aromatic N) is 1. The molecule has 0 saturated carbocycles. The number of hydrogen-bond donors (Lipinski definition) is 1. The molecule has 35 heavy (non-hydrogen) atoms. The second-order valence-corrected chi connectivity index (χ2v) is 9.43. The Hall–Kier alpha value is -3.65. The molecule has 180 valence electrons. The molecule has 8 heteroatoms. The lowest BCUT2D eigenvalue weighted by atomic mass is 9.97. The van der Waals surface area contributed by atoms with E-state index >= 15 is 0 Å². The quantitative estimate of drug-likeness (QED) is 0.335. The van der Waals surface area contributed by atoms with E-state index in [1.165, 1.54) is 5.56 Å². The molecule has 3 aromatic rings. The van der Waals surface area contributed by atoms with E-state index in [1.54, 1.807) is 24.3 Å². The summed E-state index contributed by atoms with van der Waals surface area (Å²) in [5, 5.41) is 1.66. The van der Waals surface area contributed by atoms with E-state index in [-0.39, 0.29) is 13.0 Å². The number of pyridine rings is 1. The minimum Gasteiger partial charge on any atom is -0.493 e. The van der Waals surface area contributed by atoms with Crippen LogP contribution in [0.25, 0.3) is 0 Å². The third-order valence-electron chi connectivity index (χ3n) is 5.69. The maximum Gasteiger partial charge on any atom is 0.333 e. The van der Waals surface area contributed by atoms with Crippen LogP contribution in [0, 0.1) is 0 Å². The van der Waals surface area contributed by atoms with Crippen LogP contribution in [0.5, 0.6) is 5.75 Å². The number of nitrogens with one attached hydrogen (secondary N) is 1. The molecule has 0 bridgehead atoms. The van der Waals surface area contributed by atoms with Crippen molar-refractivity contribution in [3.05, 3.63) is 95.3 Å². The summed E-state index contributed by atoms with van der Waals surface area (Å²) in [6.45, 7) is 2.58. The van der Waals surface area contributed by atoms with Gasteiger partial charge in [-0.15, -0.1) is 0 Å². The number of esters is 1. The van der Waals surface area contributed by atoms with Crippen molar-refractivity contribution >= 4 is 28.9 Å². The second kappa shape index (κ2) is 11.2. The number of ether oxygens (including phenoxy) is 2. The molecule has 1 saturated heterocycles. The fraction of sp³-hybridized carbons (Fsp3) is 0.259. The molecule has 0 aliphatic carbocycles. The van der Waals surface area contributed by atoms with E-state index in [4.69, 9.17) is 9.47 Å². The molecule has 0 radical (unpaired) electrons. The van der Waals surface area contributed by atoms with Gasteiger partial charge in [0.1, 0.15) is 12.4 Å². The highest BCUT2D eigenvalue weighted by atomic mass is 32.2. The third kappa shape index (κ3) is 6.08. The Bertz CT molecular complexity index is 1180. The molecule has 7 nitrogen and oxygen atoms in total. The van der Waals surface area contributed by atoms with Crippen molar-refractivity contribution in [2.75, 3.05) is 6.61 Å². The first kappa shape index (κ1) is 24.5. The van der Waals surface area contributed by atoms with Crippen molar-refractivity contribution in [1.29, 1.82) is 0 Å². The van der Waals surface area contributed by atoms with E-state index in [2.05, 4.69) is 23.3 Å². The van der Waals surface area contributed by atoms with Crippen molar-refractivity contribution in [3.63, 3.8) is 0 Å². The summed E-state index contributed by atoms with van der Waals surface area (Å²) in [6, 6.07) is 20.4. The standard InChI is InChI=1S/C27H26N2O5S/c1-2-19-8-11-22(28-17-19)14-15-33-23-12-9-20(10-13-23)16-27(24(30)29-26(32)35-27)25(31)34-18-21-6-4-3-5-7-21/h3-13,17H,2,14-16,18H2,1H3,(H,29,30,32). The van der Waals surface area contributed by atoms with Gasteiger partial charge in [-0.3, -0.25) is 19.9 Å². The van der Waals surface area contributed by atoms with Crippen molar-refractivity contribution in [3.8, 4) is 5.75 Å². The Morgan fingerprint density at radius 2 is 1.71 bits per heavy atom. The van der Waals surface area contributed by atoms with Gasteiger partial charge in [0.15, 0.2) is 0 Å². The Labute approximate surface area is 208 Å².